The maximum Gasteiger partial charge on any atom is 0.338 e. The number of carbonyl (C=O) groups is 2. The van der Waals surface area contributed by atoms with Gasteiger partial charge in [0.1, 0.15) is 5.41 Å². The van der Waals surface area contributed by atoms with Gasteiger partial charge in [0.05, 0.1) is 23.2 Å². The zero-order valence-electron chi connectivity index (χ0n) is 10.8. The van der Waals surface area contributed by atoms with Crippen LogP contribution < -0.4 is 0 Å². The van der Waals surface area contributed by atoms with Crippen molar-refractivity contribution in [3.05, 3.63) is 39.4 Å². The van der Waals surface area contributed by atoms with E-state index in [-0.39, 0.29) is 29.7 Å². The first-order valence-electron chi connectivity index (χ1n) is 6.03. The smallest absolute Gasteiger partial charge is 0.338 e. The molecule has 0 aliphatic heterocycles. The third-order valence-corrected chi connectivity index (χ3v) is 3.74. The summed E-state index contributed by atoms with van der Waals surface area (Å²) in [7, 11) is 1.15. The number of hydrogen-bond acceptors (Lipinski definition) is 5. The number of carbonyl (C=O) groups excluding carboxylic acids is 1. The van der Waals surface area contributed by atoms with Gasteiger partial charge in [-0.2, -0.15) is 0 Å². The van der Waals surface area contributed by atoms with Crippen molar-refractivity contribution in [2.75, 3.05) is 7.11 Å². The van der Waals surface area contributed by atoms with Gasteiger partial charge in [0, 0.05) is 6.07 Å². The molecule has 0 unspecified atom stereocenters. The minimum absolute atomic E-state index is 0.0457. The molecule has 2 rings (SSSR count). The highest BCUT2D eigenvalue weighted by Crippen LogP contribution is 2.48. The average Bonchev–Trinajstić information content (AvgIpc) is 2.36. The van der Waals surface area contributed by atoms with Crippen molar-refractivity contribution in [2.45, 2.75) is 24.7 Å². The number of carboxylic acid groups (broad SMARTS) is 1. The molecule has 1 aliphatic carbocycles. The zero-order valence-corrected chi connectivity index (χ0v) is 10.8. The summed E-state index contributed by atoms with van der Waals surface area (Å²) in [5.74, 6) is -1.92. The number of ether oxygens (including phenoxy) is 1. The molecule has 1 N–H and O–H groups in total. The summed E-state index contributed by atoms with van der Waals surface area (Å²) in [6, 6.07) is 3.92. The number of nitro groups is 1. The van der Waals surface area contributed by atoms with Gasteiger partial charge in [-0.3, -0.25) is 14.9 Å². The average molecular weight is 279 g/mol. The molecule has 0 radical (unpaired) electrons. The van der Waals surface area contributed by atoms with Crippen molar-refractivity contribution in [3.63, 3.8) is 0 Å². The van der Waals surface area contributed by atoms with Gasteiger partial charge in [-0.25, -0.2) is 4.79 Å². The van der Waals surface area contributed by atoms with Gasteiger partial charge >= 0.3 is 11.9 Å². The maximum atomic E-state index is 11.8. The summed E-state index contributed by atoms with van der Waals surface area (Å²) in [6.45, 7) is 0. The lowest BCUT2D eigenvalue weighted by molar-refractivity contribution is -0.386. The van der Waals surface area contributed by atoms with E-state index in [0.29, 0.717) is 6.42 Å². The molecule has 7 heteroatoms. The highest BCUT2D eigenvalue weighted by atomic mass is 16.6. The third kappa shape index (κ3) is 1.91. The number of rotatable bonds is 4. The lowest BCUT2D eigenvalue weighted by Crippen LogP contribution is -2.44. The molecular formula is C13H13NO6. The third-order valence-electron chi connectivity index (χ3n) is 3.74. The first-order chi connectivity index (χ1) is 9.44. The lowest BCUT2D eigenvalue weighted by atomic mass is 9.63. The number of benzene rings is 1. The van der Waals surface area contributed by atoms with E-state index in [4.69, 9.17) is 0 Å². The molecule has 1 fully saturated rings. The van der Waals surface area contributed by atoms with E-state index < -0.39 is 22.3 Å². The van der Waals surface area contributed by atoms with E-state index in [1.807, 2.05) is 0 Å². The number of hydrogen-bond donors (Lipinski definition) is 1. The maximum absolute atomic E-state index is 11.8. The molecule has 7 nitrogen and oxygen atoms in total. The van der Waals surface area contributed by atoms with Crippen LogP contribution in [0.15, 0.2) is 18.2 Å². The van der Waals surface area contributed by atoms with Crippen LogP contribution in [0.2, 0.25) is 0 Å². The van der Waals surface area contributed by atoms with E-state index in [0.717, 1.165) is 7.11 Å². The molecule has 1 aromatic carbocycles. The number of methoxy groups -OCH3 is 1. The Labute approximate surface area is 114 Å². The molecule has 0 saturated heterocycles. The fourth-order valence-corrected chi connectivity index (χ4v) is 2.58. The van der Waals surface area contributed by atoms with Gasteiger partial charge in [0.25, 0.3) is 5.69 Å². The summed E-state index contributed by atoms with van der Waals surface area (Å²) in [6.07, 6.45) is 1.20. The molecule has 0 aromatic heterocycles. The standard InChI is InChI=1S/C13H13NO6/c1-20-11(15)8-4-2-5-9(14(18)19)10(8)13(12(16)17)6-3-7-13/h2,4-5H,3,6-7H2,1H3,(H,16,17). The first-order valence-corrected chi connectivity index (χ1v) is 6.03. The van der Waals surface area contributed by atoms with Gasteiger partial charge in [-0.05, 0) is 18.9 Å². The molecular weight excluding hydrogens is 266 g/mol. The summed E-state index contributed by atoms with van der Waals surface area (Å²) < 4.78 is 4.60. The van der Waals surface area contributed by atoms with Crippen LogP contribution in [0.1, 0.15) is 35.2 Å². The van der Waals surface area contributed by atoms with Crippen molar-refractivity contribution in [3.8, 4) is 0 Å². The summed E-state index contributed by atoms with van der Waals surface area (Å²) in [5, 5.41) is 20.6. The number of nitro benzene ring substituents is 1. The van der Waals surface area contributed by atoms with Crippen molar-refractivity contribution in [2.24, 2.45) is 0 Å². The Kier molecular flexibility index (Phi) is 3.44. The monoisotopic (exact) mass is 279 g/mol. The Bertz CT molecular complexity index is 591. The zero-order chi connectivity index (χ0) is 14.9. The molecule has 1 aromatic rings. The van der Waals surface area contributed by atoms with E-state index >= 15 is 0 Å². The second kappa shape index (κ2) is 4.92. The lowest BCUT2D eigenvalue weighted by Gasteiger charge is -2.38. The van der Waals surface area contributed by atoms with E-state index in [1.165, 1.54) is 18.2 Å². The molecule has 106 valence electrons. The number of nitrogens with zero attached hydrogens (tertiary/aromatic N) is 1. The SMILES string of the molecule is COC(=O)c1cccc([N+](=O)[O-])c1C1(C(=O)O)CCC1. The fraction of sp³-hybridized carbons (Fsp3) is 0.385. The Morgan fingerprint density at radius 3 is 2.45 bits per heavy atom. The summed E-state index contributed by atoms with van der Waals surface area (Å²) in [5.41, 5.74) is -1.82. The van der Waals surface area contributed by atoms with E-state index in [1.54, 1.807) is 0 Å². The second-order valence-corrected chi connectivity index (χ2v) is 4.69. The molecule has 0 heterocycles. The van der Waals surface area contributed by atoms with Crippen LogP contribution in [0.5, 0.6) is 0 Å². The Morgan fingerprint density at radius 2 is 2.05 bits per heavy atom. The Morgan fingerprint density at radius 1 is 1.40 bits per heavy atom. The highest BCUT2D eigenvalue weighted by Gasteiger charge is 2.51. The van der Waals surface area contributed by atoms with Gasteiger partial charge in [0.15, 0.2) is 0 Å². The van der Waals surface area contributed by atoms with E-state index in [2.05, 4.69) is 4.74 Å². The van der Waals surface area contributed by atoms with Gasteiger partial charge in [0.2, 0.25) is 0 Å². The molecule has 0 spiro atoms. The van der Waals surface area contributed by atoms with Crippen LogP contribution in [0.25, 0.3) is 0 Å². The van der Waals surface area contributed by atoms with E-state index in [9.17, 15) is 24.8 Å². The van der Waals surface area contributed by atoms with Gasteiger partial charge in [-0.1, -0.05) is 12.5 Å². The van der Waals surface area contributed by atoms with Crippen LogP contribution >= 0.6 is 0 Å². The van der Waals surface area contributed by atoms with Crippen molar-refractivity contribution in [1.29, 1.82) is 0 Å². The quantitative estimate of drug-likeness (QED) is 0.512. The van der Waals surface area contributed by atoms with Crippen molar-refractivity contribution >= 4 is 17.6 Å². The van der Waals surface area contributed by atoms with Crippen LogP contribution in [0.3, 0.4) is 0 Å². The van der Waals surface area contributed by atoms with Gasteiger partial charge in [-0.15, -0.1) is 0 Å². The van der Waals surface area contributed by atoms with Crippen molar-refractivity contribution < 1.29 is 24.4 Å². The van der Waals surface area contributed by atoms with Crippen LogP contribution in [0.4, 0.5) is 5.69 Å². The van der Waals surface area contributed by atoms with Gasteiger partial charge < -0.3 is 9.84 Å². The minimum atomic E-state index is -1.37. The van der Waals surface area contributed by atoms with Crippen molar-refractivity contribution in [1.82, 2.24) is 0 Å². The number of aliphatic carboxylic acids is 1. The number of esters is 1. The highest BCUT2D eigenvalue weighted by molar-refractivity contribution is 5.96. The molecule has 0 bridgehead atoms. The van der Waals surface area contributed by atoms with Crippen LogP contribution in [-0.4, -0.2) is 29.1 Å². The molecule has 1 saturated carbocycles. The van der Waals surface area contributed by atoms with Crippen LogP contribution in [-0.2, 0) is 14.9 Å². The fourth-order valence-electron chi connectivity index (χ4n) is 2.58. The topological polar surface area (TPSA) is 107 Å². The molecule has 20 heavy (non-hydrogen) atoms. The number of carboxylic acids is 1. The predicted octanol–water partition coefficient (Wildman–Crippen LogP) is 1.89. The Hall–Kier alpha value is -2.44. The predicted molar refractivity (Wildman–Crippen MR) is 67.6 cm³/mol. The summed E-state index contributed by atoms with van der Waals surface area (Å²) >= 11 is 0. The normalized spacial score (nSPS) is 16.1. The second-order valence-electron chi connectivity index (χ2n) is 4.69. The largest absolute Gasteiger partial charge is 0.481 e. The Balaban J connectivity index is 2.73. The minimum Gasteiger partial charge on any atom is -0.481 e. The molecule has 0 atom stereocenters. The summed E-state index contributed by atoms with van der Waals surface area (Å²) in [4.78, 5) is 33.8. The molecule has 1 aliphatic rings. The van der Waals surface area contributed by atoms with Crippen LogP contribution in [0, 0.1) is 10.1 Å². The molecule has 0 amide bonds. The first kappa shape index (κ1) is 14.0.